The highest BCUT2D eigenvalue weighted by Gasteiger charge is 2.34. The van der Waals surface area contributed by atoms with Gasteiger partial charge in [0.1, 0.15) is 5.60 Å². The van der Waals surface area contributed by atoms with Gasteiger partial charge in [-0.15, -0.1) is 0 Å². The van der Waals surface area contributed by atoms with E-state index in [-0.39, 0.29) is 6.09 Å². The van der Waals surface area contributed by atoms with Gasteiger partial charge in [0.2, 0.25) is 0 Å². The third-order valence-electron chi connectivity index (χ3n) is 2.96. The summed E-state index contributed by atoms with van der Waals surface area (Å²) in [5, 5.41) is 10.1. The smallest absolute Gasteiger partial charge is 0.410 e. The number of piperidine rings is 1. The number of hydrogen-bond donors (Lipinski definition) is 2. The first-order valence-electron chi connectivity index (χ1n) is 6.16. The molecule has 0 aromatic carbocycles. The average molecular weight is 244 g/mol. The van der Waals surface area contributed by atoms with E-state index in [1.54, 1.807) is 4.90 Å². The van der Waals surface area contributed by atoms with E-state index in [0.29, 0.717) is 38.9 Å². The number of carbonyl (C=O) groups excluding carboxylic acids is 1. The molecular weight excluding hydrogens is 220 g/mol. The minimum absolute atomic E-state index is 0.299. The highest BCUT2D eigenvalue weighted by Crippen LogP contribution is 2.25. The molecule has 1 rings (SSSR count). The fourth-order valence-corrected chi connectivity index (χ4v) is 1.95. The lowest BCUT2D eigenvalue weighted by Gasteiger charge is -2.38. The molecule has 0 aliphatic carbocycles. The maximum absolute atomic E-state index is 11.8. The zero-order valence-electron chi connectivity index (χ0n) is 11.0. The van der Waals surface area contributed by atoms with Crippen LogP contribution in [0.4, 0.5) is 4.79 Å². The van der Waals surface area contributed by atoms with Crippen molar-refractivity contribution >= 4 is 6.09 Å². The lowest BCUT2D eigenvalue weighted by molar-refractivity contribution is -0.0350. The van der Waals surface area contributed by atoms with Gasteiger partial charge in [-0.05, 0) is 46.6 Å². The Morgan fingerprint density at radius 2 is 1.94 bits per heavy atom. The van der Waals surface area contributed by atoms with Gasteiger partial charge in [-0.2, -0.15) is 0 Å². The summed E-state index contributed by atoms with van der Waals surface area (Å²) < 4.78 is 5.29. The first-order valence-corrected chi connectivity index (χ1v) is 6.16. The van der Waals surface area contributed by atoms with E-state index >= 15 is 0 Å². The summed E-state index contributed by atoms with van der Waals surface area (Å²) in [4.78, 5) is 13.4. The van der Waals surface area contributed by atoms with E-state index in [1.165, 1.54) is 0 Å². The molecule has 1 amide bonds. The fourth-order valence-electron chi connectivity index (χ4n) is 1.95. The fraction of sp³-hybridized carbons (Fsp3) is 0.917. The molecule has 5 nitrogen and oxygen atoms in total. The van der Waals surface area contributed by atoms with Crippen molar-refractivity contribution in [2.45, 2.75) is 51.2 Å². The zero-order chi connectivity index (χ0) is 13.1. The largest absolute Gasteiger partial charge is 0.444 e. The number of likely N-dealkylation sites (tertiary alicyclic amines) is 1. The molecule has 1 fully saturated rings. The number of aliphatic hydroxyl groups is 1. The number of nitrogens with two attached hydrogens (primary N) is 1. The van der Waals surface area contributed by atoms with Crippen molar-refractivity contribution in [3.8, 4) is 0 Å². The van der Waals surface area contributed by atoms with E-state index in [4.69, 9.17) is 10.5 Å². The molecule has 0 aromatic rings. The van der Waals surface area contributed by atoms with Crippen molar-refractivity contribution in [1.29, 1.82) is 0 Å². The Labute approximate surface area is 103 Å². The van der Waals surface area contributed by atoms with Crippen LogP contribution in [0.5, 0.6) is 0 Å². The van der Waals surface area contributed by atoms with Gasteiger partial charge in [-0.1, -0.05) is 0 Å². The third kappa shape index (κ3) is 4.52. The normalized spacial score (nSPS) is 20.2. The molecule has 1 saturated heterocycles. The number of nitrogens with zero attached hydrogens (tertiary/aromatic N) is 1. The minimum Gasteiger partial charge on any atom is -0.444 e. The van der Waals surface area contributed by atoms with E-state index in [2.05, 4.69) is 0 Å². The molecule has 0 unspecified atom stereocenters. The molecule has 0 radical (unpaired) electrons. The molecule has 0 aromatic heterocycles. The van der Waals surface area contributed by atoms with Crippen molar-refractivity contribution in [2.24, 2.45) is 5.73 Å². The topological polar surface area (TPSA) is 75.8 Å². The molecule has 100 valence electrons. The third-order valence-corrected chi connectivity index (χ3v) is 2.96. The van der Waals surface area contributed by atoms with Crippen LogP contribution in [-0.4, -0.2) is 46.9 Å². The van der Waals surface area contributed by atoms with Gasteiger partial charge in [-0.3, -0.25) is 0 Å². The Morgan fingerprint density at radius 1 is 1.41 bits per heavy atom. The van der Waals surface area contributed by atoms with Crippen LogP contribution in [0.25, 0.3) is 0 Å². The summed E-state index contributed by atoms with van der Waals surface area (Å²) in [5.74, 6) is 0. The van der Waals surface area contributed by atoms with E-state index in [1.807, 2.05) is 20.8 Å². The summed E-state index contributed by atoms with van der Waals surface area (Å²) in [6, 6.07) is 0. The van der Waals surface area contributed by atoms with Crippen molar-refractivity contribution < 1.29 is 14.6 Å². The Balaban J connectivity index is 2.44. The second kappa shape index (κ2) is 5.23. The van der Waals surface area contributed by atoms with Gasteiger partial charge < -0.3 is 20.5 Å². The maximum Gasteiger partial charge on any atom is 0.410 e. The molecular formula is C12H24N2O3. The Hall–Kier alpha value is -0.810. The summed E-state index contributed by atoms with van der Waals surface area (Å²) >= 11 is 0. The van der Waals surface area contributed by atoms with Crippen molar-refractivity contribution in [3.05, 3.63) is 0 Å². The average Bonchev–Trinajstić information content (AvgIpc) is 2.15. The standard InChI is InChI=1S/C12H24N2O3/c1-11(2,3)17-10(15)14-8-5-12(16,4-7-13)6-9-14/h16H,4-9,13H2,1-3H3. The lowest BCUT2D eigenvalue weighted by atomic mass is 9.88. The molecule has 0 spiro atoms. The van der Waals surface area contributed by atoms with Crippen LogP contribution in [0, 0.1) is 0 Å². The Kier molecular flexibility index (Phi) is 4.38. The molecule has 1 aliphatic rings. The van der Waals surface area contributed by atoms with Crippen LogP contribution in [-0.2, 0) is 4.74 Å². The molecule has 0 saturated carbocycles. The van der Waals surface area contributed by atoms with Crippen LogP contribution < -0.4 is 5.73 Å². The number of carbonyl (C=O) groups is 1. The van der Waals surface area contributed by atoms with Gasteiger partial charge in [0, 0.05) is 13.1 Å². The molecule has 0 bridgehead atoms. The molecule has 17 heavy (non-hydrogen) atoms. The van der Waals surface area contributed by atoms with Gasteiger partial charge in [-0.25, -0.2) is 4.79 Å². The van der Waals surface area contributed by atoms with Crippen LogP contribution >= 0.6 is 0 Å². The zero-order valence-corrected chi connectivity index (χ0v) is 11.0. The monoisotopic (exact) mass is 244 g/mol. The highest BCUT2D eigenvalue weighted by molar-refractivity contribution is 5.68. The minimum atomic E-state index is -0.701. The van der Waals surface area contributed by atoms with Crippen LogP contribution in [0.2, 0.25) is 0 Å². The van der Waals surface area contributed by atoms with Crippen LogP contribution in [0.15, 0.2) is 0 Å². The quantitative estimate of drug-likeness (QED) is 0.762. The maximum atomic E-state index is 11.8. The Bertz CT molecular complexity index is 265. The first kappa shape index (κ1) is 14.3. The molecule has 1 heterocycles. The number of amides is 1. The number of hydrogen-bond acceptors (Lipinski definition) is 4. The lowest BCUT2D eigenvalue weighted by Crippen LogP contribution is -2.48. The van der Waals surface area contributed by atoms with Crippen LogP contribution in [0.1, 0.15) is 40.0 Å². The van der Waals surface area contributed by atoms with E-state index in [9.17, 15) is 9.90 Å². The van der Waals surface area contributed by atoms with Crippen molar-refractivity contribution in [1.82, 2.24) is 4.90 Å². The first-order chi connectivity index (χ1) is 7.76. The molecule has 3 N–H and O–H groups in total. The number of rotatable bonds is 2. The van der Waals surface area contributed by atoms with Gasteiger partial charge in [0.25, 0.3) is 0 Å². The van der Waals surface area contributed by atoms with Crippen molar-refractivity contribution in [2.75, 3.05) is 19.6 Å². The van der Waals surface area contributed by atoms with E-state index < -0.39 is 11.2 Å². The second-order valence-corrected chi connectivity index (χ2v) is 5.73. The van der Waals surface area contributed by atoms with E-state index in [0.717, 1.165) is 0 Å². The SMILES string of the molecule is CC(C)(C)OC(=O)N1CCC(O)(CCN)CC1. The van der Waals surface area contributed by atoms with Gasteiger partial charge in [0.15, 0.2) is 0 Å². The molecule has 0 atom stereocenters. The van der Waals surface area contributed by atoms with Crippen LogP contribution in [0.3, 0.4) is 0 Å². The molecule has 5 heteroatoms. The highest BCUT2D eigenvalue weighted by atomic mass is 16.6. The summed E-state index contributed by atoms with van der Waals surface area (Å²) in [6.07, 6.45) is 1.44. The Morgan fingerprint density at radius 3 is 2.35 bits per heavy atom. The summed E-state index contributed by atoms with van der Waals surface area (Å²) in [5.41, 5.74) is 4.29. The summed E-state index contributed by atoms with van der Waals surface area (Å²) in [6.45, 7) is 7.08. The van der Waals surface area contributed by atoms with Crippen molar-refractivity contribution in [3.63, 3.8) is 0 Å². The van der Waals surface area contributed by atoms with Gasteiger partial charge >= 0.3 is 6.09 Å². The predicted octanol–water partition coefficient (Wildman–Crippen LogP) is 1.10. The second-order valence-electron chi connectivity index (χ2n) is 5.73. The van der Waals surface area contributed by atoms with Gasteiger partial charge in [0.05, 0.1) is 5.60 Å². The number of ether oxygens (including phenoxy) is 1. The predicted molar refractivity (Wildman–Crippen MR) is 65.7 cm³/mol. The molecule has 1 aliphatic heterocycles. The summed E-state index contributed by atoms with van der Waals surface area (Å²) in [7, 11) is 0.